The van der Waals surface area contributed by atoms with Crippen molar-refractivity contribution in [2.75, 3.05) is 18.4 Å². The van der Waals surface area contributed by atoms with E-state index in [0.717, 1.165) is 31.0 Å². The largest absolute Gasteiger partial charge is 0.365 e. The van der Waals surface area contributed by atoms with E-state index in [-0.39, 0.29) is 5.91 Å². The molecule has 2 rings (SSSR count). The fraction of sp³-hybridized carbons (Fsp3) is 0.545. The van der Waals surface area contributed by atoms with Crippen molar-refractivity contribution in [3.8, 4) is 0 Å². The second-order valence-corrected chi connectivity index (χ2v) is 4.14. The van der Waals surface area contributed by atoms with Crippen LogP contribution in [-0.2, 0) is 4.79 Å². The second-order valence-electron chi connectivity index (χ2n) is 4.14. The molecule has 1 fully saturated rings. The number of hydrogen-bond donors (Lipinski definition) is 1. The third-order valence-electron chi connectivity index (χ3n) is 2.79. The first-order chi connectivity index (χ1) is 7.65. The van der Waals surface area contributed by atoms with Crippen LogP contribution in [0.1, 0.15) is 19.0 Å². The molecule has 5 nitrogen and oxygen atoms in total. The predicted molar refractivity (Wildman–Crippen MR) is 61.1 cm³/mol. The summed E-state index contributed by atoms with van der Waals surface area (Å²) in [7, 11) is 0. The number of anilines is 1. The maximum absolute atomic E-state index is 11.2. The van der Waals surface area contributed by atoms with E-state index in [0.29, 0.717) is 6.04 Å². The molecule has 86 valence electrons. The Balaban J connectivity index is 1.94. The second kappa shape index (κ2) is 4.47. The Morgan fingerprint density at radius 1 is 1.56 bits per heavy atom. The average Bonchev–Trinajstić information content (AvgIpc) is 2.66. The van der Waals surface area contributed by atoms with Crippen LogP contribution >= 0.6 is 0 Å². The third kappa shape index (κ3) is 2.48. The molecular formula is C11H16N4O. The summed E-state index contributed by atoms with van der Waals surface area (Å²) in [6, 6.07) is 2.22. The first-order valence-corrected chi connectivity index (χ1v) is 5.46. The number of nitrogens with one attached hydrogen (secondary N) is 1. The van der Waals surface area contributed by atoms with E-state index in [9.17, 15) is 4.79 Å². The molecule has 0 unspecified atom stereocenters. The van der Waals surface area contributed by atoms with Crippen molar-refractivity contribution < 1.29 is 4.79 Å². The van der Waals surface area contributed by atoms with Gasteiger partial charge in [-0.05, 0) is 13.3 Å². The van der Waals surface area contributed by atoms with Crippen molar-refractivity contribution >= 4 is 11.7 Å². The van der Waals surface area contributed by atoms with Crippen LogP contribution in [-0.4, -0.2) is 39.9 Å². The van der Waals surface area contributed by atoms with Gasteiger partial charge in [0, 0.05) is 37.8 Å². The van der Waals surface area contributed by atoms with Gasteiger partial charge in [-0.1, -0.05) is 0 Å². The Bertz CT molecular complexity index is 393. The number of carbonyl (C=O) groups is 1. The number of hydrogen-bond acceptors (Lipinski definition) is 4. The van der Waals surface area contributed by atoms with Crippen LogP contribution in [0.4, 0.5) is 5.82 Å². The lowest BCUT2D eigenvalue weighted by atomic mass is 10.2. The van der Waals surface area contributed by atoms with Gasteiger partial charge in [0.05, 0.1) is 0 Å². The zero-order valence-electron chi connectivity index (χ0n) is 9.60. The molecular weight excluding hydrogens is 204 g/mol. The summed E-state index contributed by atoms with van der Waals surface area (Å²) in [5.41, 5.74) is 0.943. The average molecular weight is 220 g/mol. The molecule has 1 aromatic heterocycles. The first kappa shape index (κ1) is 10.9. The van der Waals surface area contributed by atoms with Gasteiger partial charge in [0.15, 0.2) is 0 Å². The number of aryl methyl sites for hydroxylation is 1. The number of likely N-dealkylation sites (tertiary alicyclic amines) is 1. The molecule has 0 aromatic carbocycles. The normalized spacial score (nSPS) is 19.9. The lowest BCUT2D eigenvalue weighted by molar-refractivity contribution is -0.127. The molecule has 0 radical (unpaired) electrons. The number of nitrogens with zero attached hydrogens (tertiary/aromatic N) is 3. The molecule has 1 aliphatic heterocycles. The first-order valence-electron chi connectivity index (χ1n) is 5.46. The Hall–Kier alpha value is -1.65. The van der Waals surface area contributed by atoms with Crippen LogP contribution < -0.4 is 5.32 Å². The van der Waals surface area contributed by atoms with Crippen LogP contribution in [0.2, 0.25) is 0 Å². The molecule has 0 saturated carbocycles. The minimum Gasteiger partial charge on any atom is -0.365 e. The van der Waals surface area contributed by atoms with Crippen LogP contribution in [0.5, 0.6) is 0 Å². The van der Waals surface area contributed by atoms with Crippen molar-refractivity contribution in [2.24, 2.45) is 0 Å². The number of amides is 1. The van der Waals surface area contributed by atoms with Gasteiger partial charge >= 0.3 is 0 Å². The summed E-state index contributed by atoms with van der Waals surface area (Å²) in [4.78, 5) is 21.2. The van der Waals surface area contributed by atoms with Gasteiger partial charge in [-0.2, -0.15) is 0 Å². The molecule has 1 saturated heterocycles. The summed E-state index contributed by atoms with van der Waals surface area (Å²) < 4.78 is 0. The SMILES string of the molecule is CC(=O)N1CC[C@@H](Nc2cc(C)ncn2)C1. The maximum Gasteiger partial charge on any atom is 0.219 e. The topological polar surface area (TPSA) is 58.1 Å². The van der Waals surface area contributed by atoms with Crippen molar-refractivity contribution in [2.45, 2.75) is 26.3 Å². The predicted octanol–water partition coefficient (Wildman–Crippen LogP) is 0.818. The Labute approximate surface area is 94.9 Å². The summed E-state index contributed by atoms with van der Waals surface area (Å²) in [5.74, 6) is 0.978. The van der Waals surface area contributed by atoms with E-state index in [2.05, 4.69) is 15.3 Å². The molecule has 0 aliphatic carbocycles. The monoisotopic (exact) mass is 220 g/mol. The van der Waals surface area contributed by atoms with E-state index >= 15 is 0 Å². The summed E-state index contributed by atoms with van der Waals surface area (Å²) in [6.07, 6.45) is 2.53. The number of aromatic nitrogens is 2. The lowest BCUT2D eigenvalue weighted by Crippen LogP contribution is -2.29. The van der Waals surface area contributed by atoms with Gasteiger partial charge in [0.2, 0.25) is 5.91 Å². The number of carbonyl (C=O) groups excluding carboxylic acids is 1. The molecule has 1 atom stereocenters. The van der Waals surface area contributed by atoms with Crippen LogP contribution in [0.15, 0.2) is 12.4 Å². The Morgan fingerprint density at radius 2 is 2.38 bits per heavy atom. The highest BCUT2D eigenvalue weighted by Crippen LogP contribution is 2.14. The smallest absolute Gasteiger partial charge is 0.219 e. The van der Waals surface area contributed by atoms with Crippen molar-refractivity contribution in [3.63, 3.8) is 0 Å². The van der Waals surface area contributed by atoms with Gasteiger partial charge in [0.1, 0.15) is 12.1 Å². The Kier molecular flexibility index (Phi) is 3.03. The summed E-state index contributed by atoms with van der Waals surface area (Å²) in [6.45, 7) is 5.13. The van der Waals surface area contributed by atoms with Crippen LogP contribution in [0.3, 0.4) is 0 Å². The zero-order valence-corrected chi connectivity index (χ0v) is 9.60. The minimum atomic E-state index is 0.142. The molecule has 16 heavy (non-hydrogen) atoms. The lowest BCUT2D eigenvalue weighted by Gasteiger charge is -2.15. The van der Waals surface area contributed by atoms with Crippen molar-refractivity contribution in [1.82, 2.24) is 14.9 Å². The third-order valence-corrected chi connectivity index (χ3v) is 2.79. The highest BCUT2D eigenvalue weighted by Gasteiger charge is 2.23. The fourth-order valence-electron chi connectivity index (χ4n) is 1.91. The van der Waals surface area contributed by atoms with Crippen molar-refractivity contribution in [3.05, 3.63) is 18.1 Å². The van der Waals surface area contributed by atoms with Crippen molar-refractivity contribution in [1.29, 1.82) is 0 Å². The van der Waals surface area contributed by atoms with Gasteiger partial charge in [0.25, 0.3) is 0 Å². The molecule has 1 amide bonds. The molecule has 2 heterocycles. The highest BCUT2D eigenvalue weighted by atomic mass is 16.2. The van der Waals surface area contributed by atoms with Gasteiger partial charge in [-0.3, -0.25) is 4.79 Å². The van der Waals surface area contributed by atoms with E-state index in [1.54, 1.807) is 13.3 Å². The van der Waals surface area contributed by atoms with E-state index in [1.165, 1.54) is 0 Å². The molecule has 0 spiro atoms. The number of rotatable bonds is 2. The van der Waals surface area contributed by atoms with Crippen LogP contribution in [0, 0.1) is 6.92 Å². The molecule has 1 aromatic rings. The van der Waals surface area contributed by atoms with E-state index < -0.39 is 0 Å². The molecule has 1 N–H and O–H groups in total. The quantitative estimate of drug-likeness (QED) is 0.801. The molecule has 0 bridgehead atoms. The standard InChI is InChI=1S/C11H16N4O/c1-8-5-11(13-7-12-8)14-10-3-4-15(6-10)9(2)16/h5,7,10H,3-4,6H2,1-2H3,(H,12,13,14)/t10-/m1/s1. The Morgan fingerprint density at radius 3 is 3.00 bits per heavy atom. The van der Waals surface area contributed by atoms with Gasteiger partial charge in [-0.15, -0.1) is 0 Å². The molecule has 1 aliphatic rings. The van der Waals surface area contributed by atoms with Crippen LogP contribution in [0.25, 0.3) is 0 Å². The van der Waals surface area contributed by atoms with E-state index in [4.69, 9.17) is 0 Å². The van der Waals surface area contributed by atoms with Gasteiger partial charge in [-0.25, -0.2) is 9.97 Å². The summed E-state index contributed by atoms with van der Waals surface area (Å²) in [5, 5.41) is 3.32. The minimum absolute atomic E-state index is 0.142. The van der Waals surface area contributed by atoms with E-state index in [1.807, 2.05) is 17.9 Å². The molecule has 5 heteroatoms. The zero-order chi connectivity index (χ0) is 11.5. The summed E-state index contributed by atoms with van der Waals surface area (Å²) >= 11 is 0. The highest BCUT2D eigenvalue weighted by molar-refractivity contribution is 5.73. The fourth-order valence-corrected chi connectivity index (χ4v) is 1.91. The maximum atomic E-state index is 11.2. The van der Waals surface area contributed by atoms with Gasteiger partial charge < -0.3 is 10.2 Å².